The minimum Gasteiger partial charge on any atom is -0.467 e. The number of esters is 2. The van der Waals surface area contributed by atoms with Crippen molar-refractivity contribution < 1.29 is 33.3 Å². The van der Waals surface area contributed by atoms with Gasteiger partial charge in [0, 0.05) is 5.92 Å². The number of carbonyl (C=O) groups excluding carboxylic acids is 2. The maximum absolute atomic E-state index is 11.7. The van der Waals surface area contributed by atoms with Crippen LogP contribution in [-0.4, -0.2) is 60.5 Å². The smallest absolute Gasteiger partial charge is 0.335 e. The molecular formula is C23H38Cl3NO7. The number of hydrogen-bond donors (Lipinski definition) is 1. The molecule has 0 aromatic carbocycles. The predicted octanol–water partition coefficient (Wildman–Crippen LogP) is 5.01. The van der Waals surface area contributed by atoms with E-state index in [1.807, 2.05) is 27.7 Å². The molecular weight excluding hydrogens is 509 g/mol. The Morgan fingerprint density at radius 2 is 1.12 bits per heavy atom. The lowest BCUT2D eigenvalue weighted by Crippen LogP contribution is -2.50. The van der Waals surface area contributed by atoms with E-state index < -0.39 is 28.1 Å². The highest BCUT2D eigenvalue weighted by Gasteiger charge is 2.45. The first-order valence-corrected chi connectivity index (χ1v) is 12.5. The summed E-state index contributed by atoms with van der Waals surface area (Å²) in [6, 6.07) is 0. The molecule has 0 spiro atoms. The molecule has 198 valence electrons. The average molecular weight is 547 g/mol. The number of alkyl halides is 3. The zero-order chi connectivity index (χ0) is 26.5. The summed E-state index contributed by atoms with van der Waals surface area (Å²) in [5.41, 5.74) is 0. The van der Waals surface area contributed by atoms with Gasteiger partial charge in [-0.25, -0.2) is 9.59 Å². The Bertz CT molecular complexity index is 717. The Morgan fingerprint density at radius 1 is 0.706 bits per heavy atom. The van der Waals surface area contributed by atoms with Gasteiger partial charge < -0.3 is 23.7 Å². The van der Waals surface area contributed by atoms with Crippen molar-refractivity contribution in [2.45, 2.75) is 76.9 Å². The number of hydrogen-bond acceptors (Lipinski definition) is 8. The summed E-state index contributed by atoms with van der Waals surface area (Å²) in [6.45, 7) is 14.2. The topological polar surface area (TPSA) is 104 Å². The van der Waals surface area contributed by atoms with Crippen LogP contribution in [0, 0.1) is 40.9 Å². The lowest BCUT2D eigenvalue weighted by atomic mass is 9.77. The highest BCUT2D eigenvalue weighted by atomic mass is 35.6. The second kappa shape index (κ2) is 12.9. The van der Waals surface area contributed by atoms with E-state index in [-0.39, 0.29) is 41.8 Å². The maximum Gasteiger partial charge on any atom is 0.335 e. The molecule has 0 aromatic rings. The summed E-state index contributed by atoms with van der Waals surface area (Å²) in [5.74, 6) is -0.0561. The first-order valence-electron chi connectivity index (χ1n) is 11.4. The third-order valence-corrected chi connectivity index (χ3v) is 7.96. The van der Waals surface area contributed by atoms with Gasteiger partial charge in [0.2, 0.25) is 12.2 Å². The summed E-state index contributed by atoms with van der Waals surface area (Å²) < 4.78 is 24.0. The Balaban J connectivity index is 0.000000362. The van der Waals surface area contributed by atoms with Crippen molar-refractivity contribution >= 4 is 52.6 Å². The number of carbonyl (C=O) groups is 2. The lowest BCUT2D eigenvalue weighted by Gasteiger charge is -2.42. The van der Waals surface area contributed by atoms with Gasteiger partial charge in [-0.05, 0) is 36.5 Å². The van der Waals surface area contributed by atoms with Crippen molar-refractivity contribution in [3.05, 3.63) is 0 Å². The first kappa shape index (κ1) is 31.2. The molecule has 2 heterocycles. The molecule has 2 saturated heterocycles. The fourth-order valence-electron chi connectivity index (χ4n) is 4.15. The number of methoxy groups -OCH3 is 2. The molecule has 2 rings (SSSR count). The minimum absolute atomic E-state index is 0.0424. The number of rotatable bonds is 3. The van der Waals surface area contributed by atoms with Gasteiger partial charge in [-0.3, -0.25) is 5.41 Å². The normalized spacial score (nSPS) is 38.1. The second-order valence-electron chi connectivity index (χ2n) is 9.33. The van der Waals surface area contributed by atoms with Crippen LogP contribution in [0.1, 0.15) is 48.5 Å². The van der Waals surface area contributed by atoms with E-state index >= 15 is 0 Å². The van der Waals surface area contributed by atoms with Crippen LogP contribution in [0.15, 0.2) is 0 Å². The molecule has 0 aromatic heterocycles. The lowest BCUT2D eigenvalue weighted by molar-refractivity contribution is -0.226. The largest absolute Gasteiger partial charge is 0.467 e. The van der Waals surface area contributed by atoms with E-state index in [2.05, 4.69) is 20.8 Å². The van der Waals surface area contributed by atoms with Gasteiger partial charge in [0.25, 0.3) is 3.79 Å². The second-order valence-corrected chi connectivity index (χ2v) is 11.6. The molecule has 2 aliphatic heterocycles. The molecule has 0 bridgehead atoms. The summed E-state index contributed by atoms with van der Waals surface area (Å²) in [4.78, 5) is 23.2. The summed E-state index contributed by atoms with van der Waals surface area (Å²) in [5, 5.41) is 7.59. The Labute approximate surface area is 217 Å². The van der Waals surface area contributed by atoms with Crippen LogP contribution >= 0.6 is 34.8 Å². The van der Waals surface area contributed by atoms with Gasteiger partial charge in [-0.2, -0.15) is 0 Å². The highest BCUT2D eigenvalue weighted by molar-refractivity contribution is 6.76. The number of halogens is 3. The van der Waals surface area contributed by atoms with Crippen LogP contribution in [-0.2, 0) is 33.3 Å². The van der Waals surface area contributed by atoms with Crippen LogP contribution in [0.25, 0.3) is 0 Å². The molecule has 34 heavy (non-hydrogen) atoms. The van der Waals surface area contributed by atoms with Crippen LogP contribution in [0.3, 0.4) is 0 Å². The van der Waals surface area contributed by atoms with Crippen molar-refractivity contribution in [2.24, 2.45) is 35.5 Å². The van der Waals surface area contributed by atoms with Crippen molar-refractivity contribution in [1.82, 2.24) is 0 Å². The molecule has 0 amide bonds. The molecule has 5 unspecified atom stereocenters. The van der Waals surface area contributed by atoms with E-state index in [1.165, 1.54) is 14.2 Å². The van der Waals surface area contributed by atoms with E-state index in [4.69, 9.17) is 63.9 Å². The Hall–Kier alpha value is -0.800. The maximum atomic E-state index is 11.7. The van der Waals surface area contributed by atoms with Crippen LogP contribution in [0.2, 0.25) is 0 Å². The molecule has 10 atom stereocenters. The van der Waals surface area contributed by atoms with Gasteiger partial charge >= 0.3 is 11.9 Å². The van der Waals surface area contributed by atoms with Crippen molar-refractivity contribution in [2.75, 3.05) is 14.2 Å². The standard InChI is InChI=1S/C12H18Cl3NO4.C11H20O3/c1-5-6(2)8(9(17)18-4)19-10(7(5)3)20-11(16)12(13,14)15;1-6-7(2)9(4)14-10(8(6)3)11(12)13-5/h5-8,10,16H,1-4H3;6-10H,1-5H3/t5-,6-,7?,8?,10?;6-,7?,8+,9+,10?/m01/s1. The zero-order valence-corrected chi connectivity index (χ0v) is 23.5. The molecule has 2 aliphatic rings. The first-order chi connectivity index (χ1) is 15.6. The summed E-state index contributed by atoms with van der Waals surface area (Å²) in [6.07, 6.45) is -1.86. The van der Waals surface area contributed by atoms with Gasteiger partial charge in [-0.1, -0.05) is 76.3 Å². The van der Waals surface area contributed by atoms with E-state index in [9.17, 15) is 9.59 Å². The third kappa shape index (κ3) is 7.60. The average Bonchev–Trinajstić information content (AvgIpc) is 2.78. The number of nitrogens with one attached hydrogen (secondary N) is 1. The fraction of sp³-hybridized carbons (Fsp3) is 0.870. The van der Waals surface area contributed by atoms with Crippen molar-refractivity contribution in [1.29, 1.82) is 5.41 Å². The van der Waals surface area contributed by atoms with Gasteiger partial charge in [0.1, 0.15) is 0 Å². The summed E-state index contributed by atoms with van der Waals surface area (Å²) in [7, 11) is 2.70. The quantitative estimate of drug-likeness (QED) is 0.230. The number of ether oxygens (including phenoxy) is 5. The van der Waals surface area contributed by atoms with Gasteiger partial charge in [0.15, 0.2) is 12.2 Å². The van der Waals surface area contributed by atoms with Crippen LogP contribution in [0.5, 0.6) is 0 Å². The van der Waals surface area contributed by atoms with Crippen molar-refractivity contribution in [3.63, 3.8) is 0 Å². The predicted molar refractivity (Wildman–Crippen MR) is 131 cm³/mol. The van der Waals surface area contributed by atoms with E-state index in [0.29, 0.717) is 11.8 Å². The van der Waals surface area contributed by atoms with E-state index in [0.717, 1.165) is 0 Å². The van der Waals surface area contributed by atoms with Gasteiger partial charge in [0.05, 0.1) is 20.3 Å². The van der Waals surface area contributed by atoms with Crippen LogP contribution in [0.4, 0.5) is 0 Å². The van der Waals surface area contributed by atoms with Crippen LogP contribution < -0.4 is 0 Å². The van der Waals surface area contributed by atoms with Crippen molar-refractivity contribution in [3.8, 4) is 0 Å². The molecule has 2 fully saturated rings. The Kier molecular flexibility index (Phi) is 11.9. The molecule has 0 radical (unpaired) electrons. The molecule has 8 nitrogen and oxygen atoms in total. The molecule has 0 saturated carbocycles. The monoisotopic (exact) mass is 545 g/mol. The highest BCUT2D eigenvalue weighted by Crippen LogP contribution is 2.38. The fourth-order valence-corrected chi connectivity index (χ4v) is 4.28. The molecule has 0 aliphatic carbocycles. The molecule has 1 N–H and O–H groups in total. The zero-order valence-electron chi connectivity index (χ0n) is 21.3. The third-order valence-electron chi connectivity index (χ3n) is 7.44. The SMILES string of the molecule is COC(=O)C1OC(OC(=N)C(Cl)(Cl)Cl)C(C)[C@@H](C)[C@@H]1C.COC(=O)C1O[C@@H](C)C(C)[C@@H](C)[C@@H]1C. The van der Waals surface area contributed by atoms with Gasteiger partial charge in [-0.15, -0.1) is 0 Å². The van der Waals surface area contributed by atoms with E-state index in [1.54, 1.807) is 0 Å². The summed E-state index contributed by atoms with van der Waals surface area (Å²) >= 11 is 16.7. The molecule has 11 heteroatoms. The minimum atomic E-state index is -1.96. The Morgan fingerprint density at radius 3 is 1.53 bits per heavy atom.